The van der Waals surface area contributed by atoms with Crippen molar-refractivity contribution in [2.45, 2.75) is 0 Å². The van der Waals surface area contributed by atoms with Crippen LogP contribution in [0.1, 0.15) is 0 Å². The lowest BCUT2D eigenvalue weighted by Crippen LogP contribution is -1.88. The number of nitrogens with two attached hydrogens (primary N) is 1. The Kier molecular flexibility index (Phi) is 2.87. The largest absolute Gasteiger partial charge is 0.399 e. The molecule has 0 aliphatic carbocycles. The summed E-state index contributed by atoms with van der Waals surface area (Å²) in [7, 11) is 0. The van der Waals surface area contributed by atoms with Crippen molar-refractivity contribution < 1.29 is 0 Å². The van der Waals surface area contributed by atoms with Gasteiger partial charge in [-0.25, -0.2) is 15.0 Å². The van der Waals surface area contributed by atoms with E-state index in [2.05, 4.69) is 30.9 Å². The molecule has 102 valence electrons. The Morgan fingerprint density at radius 3 is 2.81 bits per heavy atom. The minimum absolute atomic E-state index is 0.718. The summed E-state index contributed by atoms with van der Waals surface area (Å²) in [5.41, 5.74) is 9.18. The molecule has 0 atom stereocenters. The molecular weight excluding hydrogens is 348 g/mol. The normalized spacial score (nSPS) is 11.3. The fourth-order valence-electron chi connectivity index (χ4n) is 2.25. The number of thiazole rings is 1. The van der Waals surface area contributed by atoms with Gasteiger partial charge in [-0.05, 0) is 36.4 Å². The highest BCUT2D eigenvalue weighted by Gasteiger charge is 2.12. The first-order valence-corrected chi connectivity index (χ1v) is 7.88. The van der Waals surface area contributed by atoms with E-state index in [1.807, 2.05) is 36.4 Å². The zero-order valence-electron chi connectivity index (χ0n) is 10.7. The maximum Gasteiger partial charge on any atom is 0.143 e. The molecule has 0 saturated heterocycles. The standard InChI is InChI=1S/C15H9BrN4S/c16-8-1-3-10-11(5-8)18-7-19-14(10)15-20-12-6-9(17)2-4-13(12)21-15/h1-7H,17H2. The van der Waals surface area contributed by atoms with Crippen LogP contribution in [-0.4, -0.2) is 15.0 Å². The lowest BCUT2D eigenvalue weighted by Gasteiger charge is -2.02. The van der Waals surface area contributed by atoms with E-state index in [9.17, 15) is 0 Å². The van der Waals surface area contributed by atoms with E-state index in [4.69, 9.17) is 5.73 Å². The number of hydrogen-bond donors (Lipinski definition) is 1. The van der Waals surface area contributed by atoms with Crippen LogP contribution in [0, 0.1) is 0 Å². The molecule has 2 aromatic heterocycles. The number of nitrogens with zero attached hydrogens (tertiary/aromatic N) is 3. The molecule has 0 aliphatic heterocycles. The third-order valence-electron chi connectivity index (χ3n) is 3.21. The van der Waals surface area contributed by atoms with Gasteiger partial charge in [0.05, 0.1) is 15.7 Å². The second-order valence-electron chi connectivity index (χ2n) is 4.63. The van der Waals surface area contributed by atoms with Crippen molar-refractivity contribution >= 4 is 54.1 Å². The zero-order valence-corrected chi connectivity index (χ0v) is 13.1. The molecule has 2 N–H and O–H groups in total. The van der Waals surface area contributed by atoms with Crippen LogP contribution in [0.5, 0.6) is 0 Å². The predicted octanol–water partition coefficient (Wildman–Crippen LogP) is 4.25. The smallest absolute Gasteiger partial charge is 0.143 e. The molecule has 0 saturated carbocycles. The molecule has 2 heterocycles. The SMILES string of the molecule is Nc1ccc2sc(-c3ncnc4cc(Br)ccc34)nc2c1. The fourth-order valence-corrected chi connectivity index (χ4v) is 3.55. The van der Waals surface area contributed by atoms with Gasteiger partial charge in [-0.1, -0.05) is 15.9 Å². The summed E-state index contributed by atoms with van der Waals surface area (Å²) < 4.78 is 2.10. The molecule has 0 fully saturated rings. The van der Waals surface area contributed by atoms with Gasteiger partial charge >= 0.3 is 0 Å². The topological polar surface area (TPSA) is 64.7 Å². The van der Waals surface area contributed by atoms with Crippen molar-refractivity contribution in [3.63, 3.8) is 0 Å². The van der Waals surface area contributed by atoms with Crippen molar-refractivity contribution in [3.05, 3.63) is 47.2 Å². The van der Waals surface area contributed by atoms with E-state index < -0.39 is 0 Å². The molecule has 4 nitrogen and oxygen atoms in total. The molecule has 0 bridgehead atoms. The highest BCUT2D eigenvalue weighted by molar-refractivity contribution is 9.10. The van der Waals surface area contributed by atoms with Crippen LogP contribution in [0.2, 0.25) is 0 Å². The van der Waals surface area contributed by atoms with Gasteiger partial charge in [-0.15, -0.1) is 11.3 Å². The summed E-state index contributed by atoms with van der Waals surface area (Å²) in [5, 5.41) is 1.87. The van der Waals surface area contributed by atoms with Gasteiger partial charge in [0.25, 0.3) is 0 Å². The number of aromatic nitrogens is 3. The van der Waals surface area contributed by atoms with E-state index >= 15 is 0 Å². The Morgan fingerprint density at radius 2 is 1.90 bits per heavy atom. The summed E-state index contributed by atoms with van der Waals surface area (Å²) in [4.78, 5) is 13.4. The van der Waals surface area contributed by atoms with Gasteiger partial charge in [0.2, 0.25) is 0 Å². The Labute approximate surface area is 132 Å². The molecule has 0 aliphatic rings. The monoisotopic (exact) mass is 356 g/mol. The Hall–Kier alpha value is -2.05. The van der Waals surface area contributed by atoms with Crippen molar-refractivity contribution in [1.82, 2.24) is 15.0 Å². The third kappa shape index (κ3) is 2.16. The van der Waals surface area contributed by atoms with E-state index in [0.29, 0.717) is 0 Å². The second-order valence-corrected chi connectivity index (χ2v) is 6.58. The van der Waals surface area contributed by atoms with E-state index in [-0.39, 0.29) is 0 Å². The first kappa shape index (κ1) is 12.7. The van der Waals surface area contributed by atoms with E-state index in [0.717, 1.165) is 42.0 Å². The number of fused-ring (bicyclic) bond motifs is 2. The van der Waals surface area contributed by atoms with Gasteiger partial charge in [0.1, 0.15) is 17.0 Å². The molecule has 4 rings (SSSR count). The summed E-state index contributed by atoms with van der Waals surface area (Å²) in [6.45, 7) is 0. The van der Waals surface area contributed by atoms with Crippen LogP contribution in [0.3, 0.4) is 0 Å². The molecule has 6 heteroatoms. The molecule has 0 unspecified atom stereocenters. The molecule has 21 heavy (non-hydrogen) atoms. The molecule has 2 aromatic carbocycles. The zero-order chi connectivity index (χ0) is 14.4. The minimum atomic E-state index is 0.718. The van der Waals surface area contributed by atoms with Crippen LogP contribution in [-0.2, 0) is 0 Å². The highest BCUT2D eigenvalue weighted by atomic mass is 79.9. The maximum atomic E-state index is 5.81. The number of rotatable bonds is 1. The van der Waals surface area contributed by atoms with Crippen LogP contribution in [0.4, 0.5) is 5.69 Å². The second kappa shape index (κ2) is 4.75. The molecule has 4 aromatic rings. The third-order valence-corrected chi connectivity index (χ3v) is 4.75. The van der Waals surface area contributed by atoms with Gasteiger partial charge in [-0.2, -0.15) is 0 Å². The van der Waals surface area contributed by atoms with Crippen LogP contribution < -0.4 is 5.73 Å². The van der Waals surface area contributed by atoms with Crippen LogP contribution in [0.15, 0.2) is 47.2 Å². The average molecular weight is 357 g/mol. The quantitative estimate of drug-likeness (QED) is 0.517. The van der Waals surface area contributed by atoms with E-state index in [1.165, 1.54) is 0 Å². The van der Waals surface area contributed by atoms with Crippen LogP contribution >= 0.6 is 27.3 Å². The number of nitrogen functional groups attached to an aromatic ring is 1. The fraction of sp³-hybridized carbons (Fsp3) is 0. The number of halogens is 1. The highest BCUT2D eigenvalue weighted by Crippen LogP contribution is 2.33. The van der Waals surface area contributed by atoms with Crippen molar-refractivity contribution in [2.75, 3.05) is 5.73 Å². The first-order valence-electron chi connectivity index (χ1n) is 6.27. The van der Waals surface area contributed by atoms with Crippen molar-refractivity contribution in [3.8, 4) is 10.7 Å². The minimum Gasteiger partial charge on any atom is -0.399 e. The number of benzene rings is 2. The predicted molar refractivity (Wildman–Crippen MR) is 90.3 cm³/mol. The van der Waals surface area contributed by atoms with Crippen LogP contribution in [0.25, 0.3) is 31.8 Å². The first-order chi connectivity index (χ1) is 10.2. The van der Waals surface area contributed by atoms with E-state index in [1.54, 1.807) is 17.7 Å². The average Bonchev–Trinajstić information content (AvgIpc) is 2.89. The summed E-state index contributed by atoms with van der Waals surface area (Å²) in [6.07, 6.45) is 1.57. The summed E-state index contributed by atoms with van der Waals surface area (Å²) in [6, 6.07) is 11.7. The lowest BCUT2D eigenvalue weighted by molar-refractivity contribution is 1.22. The van der Waals surface area contributed by atoms with Crippen molar-refractivity contribution in [1.29, 1.82) is 0 Å². The van der Waals surface area contributed by atoms with Gasteiger partial charge in [0, 0.05) is 15.5 Å². The van der Waals surface area contributed by atoms with Gasteiger partial charge in [-0.3, -0.25) is 0 Å². The van der Waals surface area contributed by atoms with Gasteiger partial charge < -0.3 is 5.73 Å². The number of anilines is 1. The van der Waals surface area contributed by atoms with Gasteiger partial charge in [0.15, 0.2) is 0 Å². The Bertz CT molecular complexity index is 980. The molecular formula is C15H9BrN4S. The Morgan fingerprint density at radius 1 is 1.00 bits per heavy atom. The molecule has 0 radical (unpaired) electrons. The van der Waals surface area contributed by atoms with Crippen molar-refractivity contribution in [2.24, 2.45) is 0 Å². The lowest BCUT2D eigenvalue weighted by atomic mass is 10.2. The number of hydrogen-bond acceptors (Lipinski definition) is 5. The maximum absolute atomic E-state index is 5.81. The molecule has 0 amide bonds. The molecule has 0 spiro atoms. The summed E-state index contributed by atoms with van der Waals surface area (Å²) >= 11 is 5.07. The summed E-state index contributed by atoms with van der Waals surface area (Å²) in [5.74, 6) is 0. The Balaban J connectivity index is 1.99.